The summed E-state index contributed by atoms with van der Waals surface area (Å²) in [5.74, 6) is -2.91. The second-order valence-electron chi connectivity index (χ2n) is 8.30. The van der Waals surface area contributed by atoms with Crippen molar-refractivity contribution in [3.8, 4) is 0 Å². The molecule has 37 heavy (non-hydrogen) atoms. The van der Waals surface area contributed by atoms with Crippen LogP contribution in [-0.2, 0) is 15.5 Å². The zero-order valence-corrected chi connectivity index (χ0v) is 20.9. The fraction of sp³-hybridized carbons (Fsp3) is 0.364. The van der Waals surface area contributed by atoms with Crippen molar-refractivity contribution in [2.75, 3.05) is 16.9 Å². The topological polar surface area (TPSA) is 97.5 Å². The number of halogens is 8. The Labute approximate surface area is 212 Å². The first-order valence-corrected chi connectivity index (χ1v) is 12.6. The number of hydrogen-bond acceptors (Lipinski definition) is 4. The summed E-state index contributed by atoms with van der Waals surface area (Å²) in [4.78, 5) is 26.2. The minimum atomic E-state index is -6.37. The molecule has 0 aliphatic rings. The van der Waals surface area contributed by atoms with Crippen LogP contribution < -0.4 is 10.6 Å². The lowest BCUT2D eigenvalue weighted by atomic mass is 9.92. The molecule has 0 saturated heterocycles. The molecule has 2 amide bonds. The lowest BCUT2D eigenvalue weighted by Gasteiger charge is -2.33. The Morgan fingerprint density at radius 1 is 1.03 bits per heavy atom. The number of alkyl halides is 7. The van der Waals surface area contributed by atoms with E-state index in [-0.39, 0.29) is 28.4 Å². The molecule has 0 aliphatic heterocycles. The molecular formula is C22H20ClF7N2O4S. The van der Waals surface area contributed by atoms with Crippen LogP contribution in [0.5, 0.6) is 0 Å². The maximum atomic E-state index is 14.6. The van der Waals surface area contributed by atoms with Gasteiger partial charge in [0.2, 0.25) is 5.91 Å². The fourth-order valence-electron chi connectivity index (χ4n) is 3.76. The molecule has 2 N–H and O–H groups in total. The van der Waals surface area contributed by atoms with Gasteiger partial charge in [-0.3, -0.25) is 9.59 Å². The number of anilines is 1. The van der Waals surface area contributed by atoms with Crippen LogP contribution >= 0.6 is 11.6 Å². The molecule has 204 valence electrons. The van der Waals surface area contributed by atoms with Crippen LogP contribution in [0.15, 0.2) is 36.4 Å². The third-order valence-corrected chi connectivity index (χ3v) is 6.73. The highest BCUT2D eigenvalue weighted by Gasteiger charge is 2.73. The first-order valence-electron chi connectivity index (χ1n) is 10.2. The van der Waals surface area contributed by atoms with E-state index in [0.717, 1.165) is 24.1 Å². The summed E-state index contributed by atoms with van der Waals surface area (Å²) in [7, 11) is -3.79. The number of amides is 2. The van der Waals surface area contributed by atoms with E-state index < -0.39 is 68.2 Å². The second kappa shape index (κ2) is 10.1. The Hall–Kier alpha value is -2.87. The number of rotatable bonds is 7. The quantitative estimate of drug-likeness (QED) is 0.463. The molecule has 0 saturated carbocycles. The van der Waals surface area contributed by atoms with Crippen molar-refractivity contribution >= 4 is 38.9 Å². The standard InChI is InChI=1S/C22H20ClF7N2O4S/c1-11-9-13(20(24,21(25,26)27)22(28,29)30)7-8-16(11)32(12(2)10-37(3,35)36)19(34)17-14(18(31)33)5-4-6-15(17)23/h4-9,12H,10H2,1-3H3,(H2,31,33). The fourth-order valence-corrected chi connectivity index (χ4v) is 5.04. The van der Waals surface area contributed by atoms with Gasteiger partial charge in [0.15, 0.2) is 0 Å². The van der Waals surface area contributed by atoms with Crippen molar-refractivity contribution in [2.45, 2.75) is 37.9 Å². The van der Waals surface area contributed by atoms with E-state index in [1.807, 2.05) is 0 Å². The zero-order chi connectivity index (χ0) is 28.7. The molecule has 2 aromatic carbocycles. The van der Waals surface area contributed by atoms with Crippen LogP contribution in [0.2, 0.25) is 5.02 Å². The number of primary amides is 1. The number of hydrogen-bond donors (Lipinski definition) is 1. The van der Waals surface area contributed by atoms with E-state index in [1.54, 1.807) is 0 Å². The molecule has 2 aromatic rings. The van der Waals surface area contributed by atoms with Gasteiger partial charge in [0.25, 0.3) is 5.91 Å². The molecule has 0 bridgehead atoms. The van der Waals surface area contributed by atoms with Crippen molar-refractivity contribution in [1.82, 2.24) is 0 Å². The third-order valence-electron chi connectivity index (χ3n) is 5.33. The highest BCUT2D eigenvalue weighted by molar-refractivity contribution is 7.90. The van der Waals surface area contributed by atoms with Gasteiger partial charge in [0.05, 0.1) is 21.9 Å². The van der Waals surface area contributed by atoms with Gasteiger partial charge in [0.1, 0.15) is 9.84 Å². The maximum absolute atomic E-state index is 14.6. The first kappa shape index (κ1) is 30.4. The molecule has 1 atom stereocenters. The van der Waals surface area contributed by atoms with Crippen LogP contribution in [0, 0.1) is 6.92 Å². The van der Waals surface area contributed by atoms with Crippen molar-refractivity contribution in [2.24, 2.45) is 5.73 Å². The molecule has 6 nitrogen and oxygen atoms in total. The van der Waals surface area contributed by atoms with Gasteiger partial charge in [-0.1, -0.05) is 29.8 Å². The van der Waals surface area contributed by atoms with E-state index in [0.29, 0.717) is 6.07 Å². The molecule has 0 radical (unpaired) electrons. The molecule has 0 heterocycles. The first-order chi connectivity index (χ1) is 16.6. The van der Waals surface area contributed by atoms with Crippen molar-refractivity contribution in [3.05, 3.63) is 63.7 Å². The van der Waals surface area contributed by atoms with Crippen LogP contribution in [0.25, 0.3) is 0 Å². The number of nitrogens with two attached hydrogens (primary N) is 1. The van der Waals surface area contributed by atoms with Crippen LogP contribution in [0.3, 0.4) is 0 Å². The van der Waals surface area contributed by atoms with Crippen LogP contribution in [-0.4, -0.2) is 50.6 Å². The number of benzene rings is 2. The van der Waals surface area contributed by atoms with Crippen LogP contribution in [0.4, 0.5) is 36.4 Å². The third kappa shape index (κ3) is 6.00. The zero-order valence-electron chi connectivity index (χ0n) is 19.3. The highest BCUT2D eigenvalue weighted by Crippen LogP contribution is 2.53. The second-order valence-corrected chi connectivity index (χ2v) is 10.9. The maximum Gasteiger partial charge on any atom is 0.435 e. The highest BCUT2D eigenvalue weighted by atomic mass is 35.5. The number of sulfone groups is 1. The summed E-state index contributed by atoms with van der Waals surface area (Å²) in [6, 6.07) is 3.43. The van der Waals surface area contributed by atoms with Gasteiger partial charge < -0.3 is 10.6 Å². The Morgan fingerprint density at radius 3 is 2.00 bits per heavy atom. The van der Waals surface area contributed by atoms with Gasteiger partial charge in [-0.2, -0.15) is 26.3 Å². The van der Waals surface area contributed by atoms with Crippen molar-refractivity contribution in [3.63, 3.8) is 0 Å². The summed E-state index contributed by atoms with van der Waals surface area (Å²) in [6.07, 6.45) is -11.9. The van der Waals surface area contributed by atoms with E-state index in [2.05, 4.69) is 0 Å². The summed E-state index contributed by atoms with van der Waals surface area (Å²) in [5.41, 5.74) is -3.87. The summed E-state index contributed by atoms with van der Waals surface area (Å²) < 4.78 is 118. The number of carbonyl (C=O) groups excluding carboxylic acids is 2. The number of nitrogens with zero attached hydrogens (tertiary/aromatic N) is 1. The molecule has 0 spiro atoms. The molecule has 2 rings (SSSR count). The average molecular weight is 577 g/mol. The predicted molar refractivity (Wildman–Crippen MR) is 122 cm³/mol. The molecule has 1 unspecified atom stereocenters. The summed E-state index contributed by atoms with van der Waals surface area (Å²) >= 11 is 6.09. The molecule has 15 heteroatoms. The Bertz CT molecular complexity index is 1310. The molecular weight excluding hydrogens is 557 g/mol. The Morgan fingerprint density at radius 2 is 1.57 bits per heavy atom. The van der Waals surface area contributed by atoms with E-state index in [1.165, 1.54) is 19.1 Å². The minimum Gasteiger partial charge on any atom is -0.366 e. The van der Waals surface area contributed by atoms with Crippen molar-refractivity contribution < 1.29 is 48.7 Å². The lowest BCUT2D eigenvalue weighted by Crippen LogP contribution is -2.50. The van der Waals surface area contributed by atoms with Gasteiger partial charge in [-0.05, 0) is 37.6 Å². The minimum absolute atomic E-state index is 0.193. The normalized spacial score (nSPS) is 13.8. The molecule has 0 aliphatic carbocycles. The SMILES string of the molecule is Cc1cc(C(F)(C(F)(F)F)C(F)(F)F)ccc1N(C(=O)c1c(Cl)cccc1C(N)=O)C(C)CS(C)(=O)=O. The smallest absolute Gasteiger partial charge is 0.366 e. The van der Waals surface area contributed by atoms with Crippen LogP contribution in [0.1, 0.15) is 38.8 Å². The lowest BCUT2D eigenvalue weighted by molar-refractivity contribution is -0.348. The van der Waals surface area contributed by atoms with Gasteiger partial charge in [0, 0.05) is 23.5 Å². The monoisotopic (exact) mass is 576 g/mol. The molecule has 0 aromatic heterocycles. The average Bonchev–Trinajstić information content (AvgIpc) is 2.71. The van der Waals surface area contributed by atoms with Gasteiger partial charge in [-0.15, -0.1) is 0 Å². The molecule has 0 fully saturated rings. The van der Waals surface area contributed by atoms with E-state index in [9.17, 15) is 48.7 Å². The van der Waals surface area contributed by atoms with E-state index in [4.69, 9.17) is 17.3 Å². The largest absolute Gasteiger partial charge is 0.435 e. The number of carbonyl (C=O) groups is 2. The Kier molecular flexibility index (Phi) is 8.30. The van der Waals surface area contributed by atoms with E-state index >= 15 is 0 Å². The van der Waals surface area contributed by atoms with Crippen molar-refractivity contribution in [1.29, 1.82) is 0 Å². The number of aryl methyl sites for hydroxylation is 1. The summed E-state index contributed by atoms with van der Waals surface area (Å²) in [6.45, 7) is 2.24. The predicted octanol–water partition coefficient (Wildman–Crippen LogP) is 5.12. The van der Waals surface area contributed by atoms with Gasteiger partial charge >= 0.3 is 18.0 Å². The Balaban J connectivity index is 2.81. The van der Waals surface area contributed by atoms with Gasteiger partial charge in [-0.25, -0.2) is 12.8 Å². The summed E-state index contributed by atoms with van der Waals surface area (Å²) in [5, 5.41) is -0.288.